The summed E-state index contributed by atoms with van der Waals surface area (Å²) in [7, 11) is 0. The second kappa shape index (κ2) is 9.62. The third-order valence-corrected chi connectivity index (χ3v) is 5.50. The third kappa shape index (κ3) is 4.78. The molecule has 1 atom stereocenters. The molecule has 1 saturated heterocycles. The smallest absolute Gasteiger partial charge is 0.267 e. The van der Waals surface area contributed by atoms with Crippen LogP contribution in [0.25, 0.3) is 5.69 Å². The highest BCUT2D eigenvalue weighted by atomic mass is 16.5. The molecule has 32 heavy (non-hydrogen) atoms. The number of aromatic nitrogens is 1. The molecule has 0 saturated carbocycles. The van der Waals surface area contributed by atoms with Gasteiger partial charge in [0, 0.05) is 36.3 Å². The molecule has 2 heterocycles. The van der Waals surface area contributed by atoms with E-state index in [1.165, 1.54) is 10.6 Å². The van der Waals surface area contributed by atoms with Crippen LogP contribution in [0.4, 0.5) is 5.69 Å². The predicted octanol–water partition coefficient (Wildman–Crippen LogP) is 3.31. The van der Waals surface area contributed by atoms with Crippen molar-refractivity contribution in [1.82, 2.24) is 9.88 Å². The van der Waals surface area contributed by atoms with Gasteiger partial charge in [-0.1, -0.05) is 18.2 Å². The summed E-state index contributed by atoms with van der Waals surface area (Å²) in [6, 6.07) is 17.4. The Kier molecular flexibility index (Phi) is 6.47. The van der Waals surface area contributed by atoms with Gasteiger partial charge in [-0.2, -0.15) is 0 Å². The fourth-order valence-corrected chi connectivity index (χ4v) is 3.71. The zero-order valence-corrected chi connectivity index (χ0v) is 17.8. The molecule has 1 unspecified atom stereocenters. The highest BCUT2D eigenvalue weighted by molar-refractivity contribution is 6.05. The van der Waals surface area contributed by atoms with E-state index in [9.17, 15) is 14.4 Å². The molecule has 1 aromatic heterocycles. The zero-order valence-electron chi connectivity index (χ0n) is 17.8. The lowest BCUT2D eigenvalue weighted by Crippen LogP contribution is -2.36. The lowest BCUT2D eigenvalue weighted by atomic mass is 10.1. The molecule has 1 aliphatic heterocycles. The summed E-state index contributed by atoms with van der Waals surface area (Å²) in [6.45, 7) is 2.98. The minimum absolute atomic E-state index is 0.00677. The maximum Gasteiger partial charge on any atom is 0.267 e. The summed E-state index contributed by atoms with van der Waals surface area (Å²) in [5, 5.41) is 5.65. The number of hydrogen-bond acceptors (Lipinski definition) is 4. The molecule has 0 spiro atoms. The largest absolute Gasteiger partial charge is 0.376 e. The van der Waals surface area contributed by atoms with E-state index in [0.29, 0.717) is 30.1 Å². The monoisotopic (exact) mass is 431 g/mol. The number of hydrogen-bond donors (Lipinski definition) is 2. The van der Waals surface area contributed by atoms with Crippen molar-refractivity contribution in [2.45, 2.75) is 25.9 Å². The van der Waals surface area contributed by atoms with E-state index in [1.54, 1.807) is 42.6 Å². The fourth-order valence-electron chi connectivity index (χ4n) is 3.71. The van der Waals surface area contributed by atoms with Gasteiger partial charge in [-0.25, -0.2) is 0 Å². The Hall–Kier alpha value is -3.71. The van der Waals surface area contributed by atoms with Crippen LogP contribution in [-0.4, -0.2) is 35.6 Å². The Morgan fingerprint density at radius 3 is 2.47 bits per heavy atom. The summed E-state index contributed by atoms with van der Waals surface area (Å²) in [4.78, 5) is 37.9. The van der Waals surface area contributed by atoms with Crippen LogP contribution in [0, 0.1) is 6.92 Å². The number of nitrogens with zero attached hydrogens (tertiary/aromatic N) is 1. The van der Waals surface area contributed by atoms with E-state index in [2.05, 4.69) is 10.6 Å². The van der Waals surface area contributed by atoms with Crippen LogP contribution in [-0.2, 0) is 4.74 Å². The second-order valence-corrected chi connectivity index (χ2v) is 7.76. The maximum absolute atomic E-state index is 12.9. The number of ether oxygens (including phenoxy) is 1. The number of carbonyl (C=O) groups excluding carboxylic acids is 2. The van der Waals surface area contributed by atoms with Gasteiger partial charge >= 0.3 is 0 Å². The van der Waals surface area contributed by atoms with Gasteiger partial charge in [0.05, 0.1) is 6.10 Å². The highest BCUT2D eigenvalue weighted by Crippen LogP contribution is 2.15. The minimum atomic E-state index is -0.415. The highest BCUT2D eigenvalue weighted by Gasteiger charge is 2.18. The molecular weight excluding hydrogens is 406 g/mol. The Morgan fingerprint density at radius 2 is 1.75 bits per heavy atom. The Bertz CT molecular complexity index is 1180. The van der Waals surface area contributed by atoms with E-state index in [-0.39, 0.29) is 17.6 Å². The first-order valence-electron chi connectivity index (χ1n) is 10.6. The molecule has 164 valence electrons. The molecule has 7 nitrogen and oxygen atoms in total. The van der Waals surface area contributed by atoms with Crippen LogP contribution in [0.5, 0.6) is 0 Å². The SMILES string of the molecule is Cc1ccccc1C(=O)Nc1ccc(-n2cccc(C(=O)NCC3CCCO3)c2=O)cc1. The van der Waals surface area contributed by atoms with Crippen LogP contribution in [0.3, 0.4) is 0 Å². The lowest BCUT2D eigenvalue weighted by molar-refractivity contribution is 0.0856. The molecule has 0 bridgehead atoms. The third-order valence-electron chi connectivity index (χ3n) is 5.50. The van der Waals surface area contributed by atoms with E-state index >= 15 is 0 Å². The fraction of sp³-hybridized carbons (Fsp3) is 0.240. The van der Waals surface area contributed by atoms with Crippen LogP contribution in [0.2, 0.25) is 0 Å². The van der Waals surface area contributed by atoms with Gasteiger partial charge in [-0.15, -0.1) is 0 Å². The Morgan fingerprint density at radius 1 is 1.00 bits per heavy atom. The molecule has 4 rings (SSSR count). The summed E-state index contributed by atoms with van der Waals surface area (Å²) in [6.07, 6.45) is 3.51. The number of benzene rings is 2. The molecule has 0 aliphatic carbocycles. The van der Waals surface area contributed by atoms with E-state index in [4.69, 9.17) is 4.74 Å². The Labute approximate surface area is 186 Å². The summed E-state index contributed by atoms with van der Waals surface area (Å²) >= 11 is 0. The van der Waals surface area contributed by atoms with Crippen LogP contribution < -0.4 is 16.2 Å². The molecule has 0 radical (unpaired) electrons. The number of anilines is 1. The summed E-state index contributed by atoms with van der Waals surface area (Å²) in [5.41, 5.74) is 2.37. The van der Waals surface area contributed by atoms with Crippen molar-refractivity contribution >= 4 is 17.5 Å². The van der Waals surface area contributed by atoms with Crippen molar-refractivity contribution in [1.29, 1.82) is 0 Å². The number of aryl methyl sites for hydroxylation is 1. The molecule has 1 fully saturated rings. The maximum atomic E-state index is 12.9. The molecule has 2 amide bonds. The zero-order chi connectivity index (χ0) is 22.5. The normalized spacial score (nSPS) is 15.3. The summed E-state index contributed by atoms with van der Waals surface area (Å²) < 4.78 is 6.92. The number of pyridine rings is 1. The second-order valence-electron chi connectivity index (χ2n) is 7.76. The van der Waals surface area contributed by atoms with Gasteiger partial charge in [0.15, 0.2) is 0 Å². The standard InChI is InChI=1S/C25H25N3O4/c1-17-6-2-3-8-21(17)24(30)27-18-10-12-19(13-11-18)28-14-4-9-22(25(28)31)23(29)26-16-20-7-5-15-32-20/h2-4,6,8-14,20H,5,7,15-16H2,1H3,(H,26,29)(H,27,30). The van der Waals surface area contributed by atoms with Crippen molar-refractivity contribution in [3.8, 4) is 5.69 Å². The molecule has 1 aliphatic rings. The molecule has 2 aromatic carbocycles. The van der Waals surface area contributed by atoms with Crippen molar-refractivity contribution in [2.24, 2.45) is 0 Å². The number of carbonyl (C=O) groups is 2. The van der Waals surface area contributed by atoms with Crippen molar-refractivity contribution in [3.05, 3.63) is 93.9 Å². The predicted molar refractivity (Wildman–Crippen MR) is 122 cm³/mol. The number of amides is 2. The van der Waals surface area contributed by atoms with Crippen molar-refractivity contribution in [2.75, 3.05) is 18.5 Å². The molecule has 2 N–H and O–H groups in total. The van der Waals surface area contributed by atoms with Gasteiger partial charge in [-0.3, -0.25) is 19.0 Å². The van der Waals surface area contributed by atoms with Crippen molar-refractivity contribution < 1.29 is 14.3 Å². The van der Waals surface area contributed by atoms with Crippen LogP contribution in [0.15, 0.2) is 71.7 Å². The van der Waals surface area contributed by atoms with Crippen LogP contribution in [0.1, 0.15) is 39.1 Å². The average molecular weight is 431 g/mol. The average Bonchev–Trinajstić information content (AvgIpc) is 3.32. The van der Waals surface area contributed by atoms with Gasteiger partial charge in [0.2, 0.25) is 0 Å². The Balaban J connectivity index is 1.47. The number of rotatable bonds is 6. The van der Waals surface area contributed by atoms with Crippen LogP contribution >= 0.6 is 0 Å². The quantitative estimate of drug-likeness (QED) is 0.627. The molecular formula is C25H25N3O4. The van der Waals surface area contributed by atoms with E-state index < -0.39 is 11.5 Å². The van der Waals surface area contributed by atoms with Crippen molar-refractivity contribution in [3.63, 3.8) is 0 Å². The summed E-state index contributed by atoms with van der Waals surface area (Å²) in [5.74, 6) is -0.611. The molecule has 3 aromatic rings. The number of nitrogens with one attached hydrogen (secondary N) is 2. The van der Waals surface area contributed by atoms with E-state index in [0.717, 1.165) is 18.4 Å². The first kappa shape index (κ1) is 21.5. The first-order chi connectivity index (χ1) is 15.5. The lowest BCUT2D eigenvalue weighted by Gasteiger charge is -2.12. The van der Waals surface area contributed by atoms with E-state index in [1.807, 2.05) is 25.1 Å². The first-order valence-corrected chi connectivity index (χ1v) is 10.6. The minimum Gasteiger partial charge on any atom is -0.376 e. The van der Waals surface area contributed by atoms with Gasteiger partial charge in [0.25, 0.3) is 17.4 Å². The topological polar surface area (TPSA) is 89.4 Å². The van der Waals surface area contributed by atoms with Gasteiger partial charge in [0.1, 0.15) is 5.56 Å². The van der Waals surface area contributed by atoms with Gasteiger partial charge in [-0.05, 0) is 67.8 Å². The van der Waals surface area contributed by atoms with Gasteiger partial charge < -0.3 is 15.4 Å². The molecule has 7 heteroatoms.